The van der Waals surface area contributed by atoms with Gasteiger partial charge in [-0.25, -0.2) is 13.2 Å². The Bertz CT molecular complexity index is 1210. The van der Waals surface area contributed by atoms with Gasteiger partial charge >= 0.3 is 5.97 Å². The summed E-state index contributed by atoms with van der Waals surface area (Å²) in [4.78, 5) is 13.3. The molecule has 0 amide bonds. The first-order chi connectivity index (χ1) is 15.3. The molecule has 1 saturated heterocycles. The lowest BCUT2D eigenvalue weighted by atomic mass is 9.96. The number of nitriles is 1. The second-order valence-corrected chi connectivity index (χ2v) is 9.92. The Balaban J connectivity index is 1.89. The number of piperidine rings is 1. The number of nitrogens with zero attached hydrogens (tertiary/aromatic N) is 2. The average molecular weight is 476 g/mol. The van der Waals surface area contributed by atoms with Crippen molar-refractivity contribution in [3.63, 3.8) is 0 Å². The van der Waals surface area contributed by atoms with Crippen LogP contribution in [0.1, 0.15) is 48.0 Å². The molecule has 2 heterocycles. The molecule has 0 aromatic heterocycles. The van der Waals surface area contributed by atoms with Crippen LogP contribution in [-0.4, -0.2) is 38.7 Å². The minimum absolute atomic E-state index is 0.0830. The zero-order valence-corrected chi connectivity index (χ0v) is 18.7. The summed E-state index contributed by atoms with van der Waals surface area (Å²) in [6.07, 6.45) is 4.54. The van der Waals surface area contributed by atoms with Gasteiger partial charge in [-0.15, -0.1) is 0 Å². The van der Waals surface area contributed by atoms with Crippen molar-refractivity contribution in [3.05, 3.63) is 46.5 Å². The first kappa shape index (κ1) is 22.2. The summed E-state index contributed by atoms with van der Waals surface area (Å²) in [5.41, 5.74) is 0.810. The van der Waals surface area contributed by atoms with Gasteiger partial charge in [0.2, 0.25) is 0 Å². The second kappa shape index (κ2) is 8.88. The van der Waals surface area contributed by atoms with Crippen molar-refractivity contribution in [2.24, 2.45) is 0 Å². The third-order valence-corrected chi connectivity index (χ3v) is 7.51. The fourth-order valence-electron chi connectivity index (χ4n) is 4.26. The number of sulfonamides is 1. The van der Waals surface area contributed by atoms with Crippen LogP contribution in [0.25, 0.3) is 0 Å². The smallest absolute Gasteiger partial charge is 0.335 e. The first-order valence-corrected chi connectivity index (χ1v) is 12.2. The number of carbonyl (C=O) groups is 1. The number of ether oxygens (including phenoxy) is 1. The van der Waals surface area contributed by atoms with Crippen LogP contribution in [0.4, 0.5) is 11.4 Å². The summed E-state index contributed by atoms with van der Waals surface area (Å²) in [7, 11) is -4.23. The number of rotatable bonds is 1. The van der Waals surface area contributed by atoms with Gasteiger partial charge in [-0.3, -0.25) is 4.72 Å². The molecule has 0 unspecified atom stereocenters. The van der Waals surface area contributed by atoms with Crippen LogP contribution < -0.4 is 14.4 Å². The molecule has 0 aliphatic carbocycles. The molecular formula is C22H22ClN3O5S. The van der Waals surface area contributed by atoms with E-state index in [0.29, 0.717) is 18.7 Å². The average Bonchev–Trinajstić information content (AvgIpc) is 2.77. The number of benzene rings is 2. The van der Waals surface area contributed by atoms with Crippen LogP contribution in [0, 0.1) is 11.3 Å². The zero-order valence-electron chi connectivity index (χ0n) is 17.2. The molecule has 2 aliphatic heterocycles. The molecule has 168 valence electrons. The molecule has 0 bridgehead atoms. The molecule has 1 atom stereocenters. The maximum Gasteiger partial charge on any atom is 0.335 e. The molecule has 2 N–H and O–H groups in total. The van der Waals surface area contributed by atoms with E-state index in [2.05, 4.69) is 9.62 Å². The summed E-state index contributed by atoms with van der Waals surface area (Å²) in [6, 6.07) is 8.98. The number of nitrogens with one attached hydrogen (secondary N) is 1. The lowest BCUT2D eigenvalue weighted by Crippen LogP contribution is -2.40. The highest BCUT2D eigenvalue weighted by Crippen LogP contribution is 2.39. The van der Waals surface area contributed by atoms with Crippen molar-refractivity contribution < 1.29 is 23.1 Å². The highest BCUT2D eigenvalue weighted by Gasteiger charge is 2.29. The first-order valence-electron chi connectivity index (χ1n) is 10.3. The number of carboxylic acid groups (broad SMARTS) is 1. The van der Waals surface area contributed by atoms with Gasteiger partial charge in [0.25, 0.3) is 10.0 Å². The largest absolute Gasteiger partial charge is 0.492 e. The molecule has 1 fully saturated rings. The van der Waals surface area contributed by atoms with Crippen LogP contribution in [0.5, 0.6) is 5.75 Å². The van der Waals surface area contributed by atoms with Crippen LogP contribution in [0.3, 0.4) is 0 Å². The van der Waals surface area contributed by atoms with E-state index >= 15 is 0 Å². The van der Waals surface area contributed by atoms with Crippen LogP contribution in [0.15, 0.2) is 35.2 Å². The van der Waals surface area contributed by atoms with Crippen molar-refractivity contribution in [3.8, 4) is 11.8 Å². The maximum atomic E-state index is 13.4. The standard InChI is InChI=1S/C22H22ClN3O5S/c23-17-12-19-18(10-15(17)13-24)25-32(29,30)21-11-14(22(27)28)6-7-20(21)31-9-3-5-16-4-1-2-8-26(16)19/h6-7,10-12,16,25H,1-5,8-9H2,(H,27,28)/t16-/m0/s1. The summed E-state index contributed by atoms with van der Waals surface area (Å²) in [5, 5.41) is 19.0. The molecule has 8 nitrogen and oxygen atoms in total. The zero-order chi connectivity index (χ0) is 22.9. The summed E-state index contributed by atoms with van der Waals surface area (Å²) >= 11 is 6.31. The second-order valence-electron chi connectivity index (χ2n) is 7.87. The molecule has 4 rings (SSSR count). The van der Waals surface area contributed by atoms with Gasteiger partial charge in [0.15, 0.2) is 0 Å². The minimum atomic E-state index is -4.23. The molecular weight excluding hydrogens is 454 g/mol. The topological polar surface area (TPSA) is 120 Å². The Kier molecular flexibility index (Phi) is 6.17. The van der Waals surface area contributed by atoms with E-state index in [1.54, 1.807) is 6.07 Å². The summed E-state index contributed by atoms with van der Waals surface area (Å²) in [6.45, 7) is 1.04. The molecule has 0 radical (unpaired) electrons. The van der Waals surface area contributed by atoms with Crippen molar-refractivity contribution in [1.29, 1.82) is 5.26 Å². The molecule has 32 heavy (non-hydrogen) atoms. The van der Waals surface area contributed by atoms with Crippen molar-refractivity contribution in [2.45, 2.75) is 43.0 Å². The number of fused-ring (bicyclic) bond motifs is 4. The van der Waals surface area contributed by atoms with E-state index in [1.165, 1.54) is 18.2 Å². The summed E-state index contributed by atoms with van der Waals surface area (Å²) < 4.78 is 35.1. The van der Waals surface area contributed by atoms with Crippen LogP contribution in [-0.2, 0) is 10.0 Å². The Labute approximate surface area is 191 Å². The monoisotopic (exact) mass is 475 g/mol. The number of hydrogen-bond acceptors (Lipinski definition) is 6. The van der Waals surface area contributed by atoms with E-state index in [1.807, 2.05) is 6.07 Å². The molecule has 2 aliphatic rings. The molecule has 2 aromatic carbocycles. The van der Waals surface area contributed by atoms with Gasteiger partial charge in [-0.2, -0.15) is 5.26 Å². The molecule has 2 aromatic rings. The van der Waals surface area contributed by atoms with Gasteiger partial charge in [-0.1, -0.05) is 11.6 Å². The predicted molar refractivity (Wildman–Crippen MR) is 120 cm³/mol. The SMILES string of the molecule is N#Cc1cc2c(cc1Cl)N1CCCC[C@H]1CCCOc1ccc(C(=O)O)cc1S(=O)(=O)N2. The fraction of sp³-hybridized carbons (Fsp3) is 0.364. The third-order valence-electron chi connectivity index (χ3n) is 5.81. The van der Waals surface area contributed by atoms with E-state index in [-0.39, 0.29) is 38.5 Å². The highest BCUT2D eigenvalue weighted by atomic mass is 35.5. The molecule has 0 spiro atoms. The quantitative estimate of drug-likeness (QED) is 0.632. The Morgan fingerprint density at radius 2 is 2.00 bits per heavy atom. The van der Waals surface area contributed by atoms with E-state index in [0.717, 1.165) is 38.3 Å². The van der Waals surface area contributed by atoms with Crippen molar-refractivity contribution >= 4 is 39.0 Å². The summed E-state index contributed by atoms with van der Waals surface area (Å²) in [5.74, 6) is -1.16. The fourth-order valence-corrected chi connectivity index (χ4v) is 5.69. The van der Waals surface area contributed by atoms with E-state index in [9.17, 15) is 23.6 Å². The van der Waals surface area contributed by atoms with Gasteiger partial charge in [-0.05, 0) is 62.4 Å². The van der Waals surface area contributed by atoms with Crippen molar-refractivity contribution in [1.82, 2.24) is 0 Å². The Morgan fingerprint density at radius 3 is 2.75 bits per heavy atom. The Morgan fingerprint density at radius 1 is 1.22 bits per heavy atom. The van der Waals surface area contributed by atoms with Gasteiger partial charge < -0.3 is 14.7 Å². The number of hydrogen-bond donors (Lipinski definition) is 2. The maximum absolute atomic E-state index is 13.4. The van der Waals surface area contributed by atoms with Gasteiger partial charge in [0, 0.05) is 12.6 Å². The Hall–Kier alpha value is -2.96. The number of halogens is 1. The van der Waals surface area contributed by atoms with Crippen molar-refractivity contribution in [2.75, 3.05) is 22.8 Å². The highest BCUT2D eigenvalue weighted by molar-refractivity contribution is 7.92. The van der Waals surface area contributed by atoms with Crippen LogP contribution >= 0.6 is 11.6 Å². The normalized spacial score (nSPS) is 20.0. The number of aromatic carboxylic acids is 1. The van der Waals surface area contributed by atoms with Crippen LogP contribution in [0.2, 0.25) is 5.02 Å². The lowest BCUT2D eigenvalue weighted by molar-refractivity contribution is 0.0696. The third kappa shape index (κ3) is 4.33. The van der Waals surface area contributed by atoms with E-state index in [4.69, 9.17) is 16.3 Å². The predicted octanol–water partition coefficient (Wildman–Crippen LogP) is 4.24. The minimum Gasteiger partial charge on any atom is -0.492 e. The molecule has 0 saturated carbocycles. The molecule has 10 heteroatoms. The number of anilines is 2. The number of carboxylic acids is 1. The lowest BCUT2D eigenvalue weighted by Gasteiger charge is -2.39. The van der Waals surface area contributed by atoms with E-state index < -0.39 is 16.0 Å². The van der Waals surface area contributed by atoms with Gasteiger partial charge in [0.1, 0.15) is 16.7 Å². The van der Waals surface area contributed by atoms with Gasteiger partial charge in [0.05, 0.1) is 34.1 Å².